The van der Waals surface area contributed by atoms with Crippen LogP contribution in [-0.4, -0.2) is 6.54 Å². The lowest BCUT2D eigenvalue weighted by Gasteiger charge is -2.15. The van der Waals surface area contributed by atoms with Gasteiger partial charge in [0, 0.05) is 6.04 Å². The molecule has 0 saturated carbocycles. The molecular weight excluding hydrogens is 206 g/mol. The molecule has 86 valence electrons. The normalized spacial score (nSPS) is 22.5. The minimum atomic E-state index is 0.583. The summed E-state index contributed by atoms with van der Waals surface area (Å²) in [5, 5.41) is 6.68. The second-order valence-electron chi connectivity index (χ2n) is 5.30. The molecule has 2 aromatic carbocycles. The molecule has 1 nitrogen and oxygen atoms in total. The van der Waals surface area contributed by atoms with Crippen LogP contribution in [0, 0.1) is 0 Å². The summed E-state index contributed by atoms with van der Waals surface area (Å²) in [6, 6.07) is 12.1. The van der Waals surface area contributed by atoms with Gasteiger partial charge in [-0.2, -0.15) is 0 Å². The molecule has 1 heterocycles. The summed E-state index contributed by atoms with van der Waals surface area (Å²) >= 11 is 0. The summed E-state index contributed by atoms with van der Waals surface area (Å²) in [5.74, 6) is 0. The van der Waals surface area contributed by atoms with E-state index in [9.17, 15) is 0 Å². The highest BCUT2D eigenvalue weighted by atomic mass is 14.9. The van der Waals surface area contributed by atoms with Crippen LogP contribution in [0.2, 0.25) is 0 Å². The first kappa shape index (κ1) is 9.67. The van der Waals surface area contributed by atoms with Gasteiger partial charge in [0.25, 0.3) is 0 Å². The number of aryl methyl sites for hydroxylation is 2. The van der Waals surface area contributed by atoms with Crippen LogP contribution in [0.1, 0.15) is 35.6 Å². The summed E-state index contributed by atoms with van der Waals surface area (Å²) in [7, 11) is 0. The first-order valence-corrected chi connectivity index (χ1v) is 6.70. The average Bonchev–Trinajstić information content (AvgIpc) is 3.00. The number of benzene rings is 2. The molecule has 0 unspecified atom stereocenters. The van der Waals surface area contributed by atoms with E-state index in [1.807, 2.05) is 0 Å². The summed E-state index contributed by atoms with van der Waals surface area (Å²) in [6.07, 6.45) is 5.06. The molecule has 17 heavy (non-hydrogen) atoms. The minimum absolute atomic E-state index is 0.583. The maximum absolute atomic E-state index is 3.62. The molecule has 2 aromatic rings. The van der Waals surface area contributed by atoms with E-state index in [4.69, 9.17) is 0 Å². The van der Waals surface area contributed by atoms with Crippen molar-refractivity contribution in [1.82, 2.24) is 5.32 Å². The standard InChI is InChI=1S/C16H17N/c1-3-11-6-7-12-8-9-13(14(4-1)16(11)12)15-5-2-10-17-15/h1,3-4,8-9,15,17H,2,5-7,10H2/t15-/m0/s1. The zero-order chi connectivity index (χ0) is 11.2. The van der Waals surface area contributed by atoms with Crippen LogP contribution in [0.25, 0.3) is 10.8 Å². The first-order chi connectivity index (χ1) is 8.43. The Kier molecular flexibility index (Phi) is 2.03. The highest BCUT2D eigenvalue weighted by Crippen LogP contribution is 2.36. The first-order valence-electron chi connectivity index (χ1n) is 6.70. The van der Waals surface area contributed by atoms with Crippen molar-refractivity contribution in [3.8, 4) is 0 Å². The fourth-order valence-electron chi connectivity index (χ4n) is 3.52. The number of hydrogen-bond acceptors (Lipinski definition) is 1. The highest BCUT2D eigenvalue weighted by Gasteiger charge is 2.21. The van der Waals surface area contributed by atoms with E-state index in [-0.39, 0.29) is 0 Å². The minimum Gasteiger partial charge on any atom is -0.310 e. The van der Waals surface area contributed by atoms with Gasteiger partial charge in [-0.05, 0) is 59.7 Å². The molecule has 1 heteroatoms. The molecular formula is C16H17N. The Morgan fingerprint density at radius 1 is 1.00 bits per heavy atom. The van der Waals surface area contributed by atoms with Gasteiger partial charge in [-0.25, -0.2) is 0 Å². The summed E-state index contributed by atoms with van der Waals surface area (Å²) < 4.78 is 0. The summed E-state index contributed by atoms with van der Waals surface area (Å²) in [5.41, 5.74) is 4.62. The van der Waals surface area contributed by atoms with Gasteiger partial charge in [0.15, 0.2) is 0 Å². The molecule has 0 spiro atoms. The van der Waals surface area contributed by atoms with Crippen LogP contribution in [0.15, 0.2) is 30.3 Å². The monoisotopic (exact) mass is 223 g/mol. The quantitative estimate of drug-likeness (QED) is 0.781. The van der Waals surface area contributed by atoms with Crippen molar-refractivity contribution in [2.45, 2.75) is 31.7 Å². The largest absolute Gasteiger partial charge is 0.310 e. The Balaban J connectivity index is 1.99. The van der Waals surface area contributed by atoms with Gasteiger partial charge >= 0.3 is 0 Å². The van der Waals surface area contributed by atoms with E-state index in [0.717, 1.165) is 0 Å². The summed E-state index contributed by atoms with van der Waals surface area (Å²) in [6.45, 7) is 1.17. The van der Waals surface area contributed by atoms with Gasteiger partial charge in [-0.15, -0.1) is 0 Å². The van der Waals surface area contributed by atoms with Crippen LogP contribution < -0.4 is 5.32 Å². The molecule has 1 aliphatic heterocycles. The Morgan fingerprint density at radius 2 is 1.88 bits per heavy atom. The van der Waals surface area contributed by atoms with Gasteiger partial charge in [-0.3, -0.25) is 0 Å². The molecule has 1 aliphatic carbocycles. The number of rotatable bonds is 1. The van der Waals surface area contributed by atoms with Crippen molar-refractivity contribution in [3.63, 3.8) is 0 Å². The third-order valence-electron chi connectivity index (χ3n) is 4.35. The second kappa shape index (κ2) is 3.58. The van der Waals surface area contributed by atoms with Crippen molar-refractivity contribution >= 4 is 10.8 Å². The molecule has 0 radical (unpaired) electrons. The lowest BCUT2D eigenvalue weighted by Crippen LogP contribution is -2.13. The van der Waals surface area contributed by atoms with Crippen molar-refractivity contribution < 1.29 is 0 Å². The second-order valence-corrected chi connectivity index (χ2v) is 5.30. The fourth-order valence-corrected chi connectivity index (χ4v) is 3.52. The van der Waals surface area contributed by atoms with Gasteiger partial charge in [-0.1, -0.05) is 30.3 Å². The van der Waals surface area contributed by atoms with E-state index in [2.05, 4.69) is 35.6 Å². The van der Waals surface area contributed by atoms with E-state index < -0.39 is 0 Å². The van der Waals surface area contributed by atoms with Gasteiger partial charge in [0.05, 0.1) is 0 Å². The molecule has 2 aliphatic rings. The van der Waals surface area contributed by atoms with Crippen molar-refractivity contribution in [2.75, 3.05) is 6.54 Å². The Hall–Kier alpha value is -1.34. The molecule has 0 amide bonds. The Morgan fingerprint density at radius 3 is 2.71 bits per heavy atom. The van der Waals surface area contributed by atoms with E-state index in [0.29, 0.717) is 6.04 Å². The van der Waals surface area contributed by atoms with E-state index >= 15 is 0 Å². The van der Waals surface area contributed by atoms with Gasteiger partial charge in [0.2, 0.25) is 0 Å². The van der Waals surface area contributed by atoms with Crippen LogP contribution in [0.3, 0.4) is 0 Å². The highest BCUT2D eigenvalue weighted by molar-refractivity contribution is 5.93. The summed E-state index contributed by atoms with van der Waals surface area (Å²) in [4.78, 5) is 0. The van der Waals surface area contributed by atoms with Crippen LogP contribution in [0.5, 0.6) is 0 Å². The lowest BCUT2D eigenvalue weighted by atomic mass is 9.95. The van der Waals surface area contributed by atoms with E-state index in [1.165, 1.54) is 43.2 Å². The zero-order valence-electron chi connectivity index (χ0n) is 10.00. The number of nitrogens with one attached hydrogen (secondary N) is 1. The SMILES string of the molecule is c1cc2c3c(ccc([C@@H]4CCCN4)c3c1)CC2. The van der Waals surface area contributed by atoms with Crippen molar-refractivity contribution in [2.24, 2.45) is 0 Å². The fraction of sp³-hybridized carbons (Fsp3) is 0.375. The van der Waals surface area contributed by atoms with Crippen LogP contribution in [-0.2, 0) is 12.8 Å². The third-order valence-corrected chi connectivity index (χ3v) is 4.35. The Labute approximate surface area is 102 Å². The van der Waals surface area contributed by atoms with Gasteiger partial charge in [0.1, 0.15) is 0 Å². The van der Waals surface area contributed by atoms with Crippen LogP contribution in [0.4, 0.5) is 0 Å². The lowest BCUT2D eigenvalue weighted by molar-refractivity contribution is 0.653. The topological polar surface area (TPSA) is 12.0 Å². The molecule has 1 fully saturated rings. The maximum atomic E-state index is 3.62. The predicted octanol–water partition coefficient (Wildman–Crippen LogP) is 3.36. The molecule has 1 atom stereocenters. The Bertz CT molecular complexity index is 569. The predicted molar refractivity (Wildman–Crippen MR) is 71.3 cm³/mol. The van der Waals surface area contributed by atoms with Crippen molar-refractivity contribution in [3.05, 3.63) is 47.0 Å². The molecule has 1 saturated heterocycles. The molecule has 4 rings (SSSR count). The maximum Gasteiger partial charge on any atom is 0.0326 e. The van der Waals surface area contributed by atoms with Crippen LogP contribution >= 0.6 is 0 Å². The average molecular weight is 223 g/mol. The zero-order valence-corrected chi connectivity index (χ0v) is 10.00. The van der Waals surface area contributed by atoms with E-state index in [1.54, 1.807) is 16.5 Å². The smallest absolute Gasteiger partial charge is 0.0326 e. The number of hydrogen-bond donors (Lipinski definition) is 1. The third kappa shape index (κ3) is 1.35. The molecule has 0 aromatic heterocycles. The molecule has 1 N–H and O–H groups in total. The van der Waals surface area contributed by atoms with Crippen molar-refractivity contribution in [1.29, 1.82) is 0 Å². The molecule has 0 bridgehead atoms. The van der Waals surface area contributed by atoms with Gasteiger partial charge < -0.3 is 5.32 Å².